The number of aromatic nitrogens is 1. The third kappa shape index (κ3) is 2.29. The largest absolute Gasteiger partial charge is 0.367 e. The minimum atomic E-state index is -0.634. The first-order valence-corrected chi connectivity index (χ1v) is 5.33. The monoisotopic (exact) mass is 246 g/mol. The van der Waals surface area contributed by atoms with Crippen molar-refractivity contribution in [1.82, 2.24) is 4.98 Å². The molecule has 2 N–H and O–H groups in total. The number of nitrogens with one attached hydrogen (secondary N) is 2. The lowest BCUT2D eigenvalue weighted by atomic mass is 10.1. The van der Waals surface area contributed by atoms with Crippen molar-refractivity contribution in [1.29, 1.82) is 0 Å². The SMILES string of the molecule is Cc1cccc(F)c1NC(=O)c1c[nH]ccc1=O. The van der Waals surface area contributed by atoms with E-state index in [1.807, 2.05) is 0 Å². The molecule has 92 valence electrons. The molecule has 0 aliphatic rings. The van der Waals surface area contributed by atoms with E-state index >= 15 is 0 Å². The number of halogens is 1. The fraction of sp³-hybridized carbons (Fsp3) is 0.0769. The number of aromatic amines is 1. The lowest BCUT2D eigenvalue weighted by molar-refractivity contribution is 0.102. The Bertz CT molecular complexity index is 629. The summed E-state index contributed by atoms with van der Waals surface area (Å²) in [5.74, 6) is -1.17. The molecule has 0 aliphatic heterocycles. The van der Waals surface area contributed by atoms with Crippen LogP contribution in [0.25, 0.3) is 0 Å². The number of carbonyl (C=O) groups excluding carboxylic acids is 1. The van der Waals surface area contributed by atoms with Crippen LogP contribution in [0.5, 0.6) is 0 Å². The summed E-state index contributed by atoms with van der Waals surface area (Å²) >= 11 is 0. The number of aryl methyl sites for hydroxylation is 1. The van der Waals surface area contributed by atoms with Crippen LogP contribution >= 0.6 is 0 Å². The second-order valence-corrected chi connectivity index (χ2v) is 3.81. The zero-order chi connectivity index (χ0) is 13.1. The van der Waals surface area contributed by atoms with Crippen molar-refractivity contribution in [3.05, 3.63) is 63.8 Å². The maximum absolute atomic E-state index is 13.5. The lowest BCUT2D eigenvalue weighted by Crippen LogP contribution is -2.21. The van der Waals surface area contributed by atoms with Gasteiger partial charge in [-0.05, 0) is 18.6 Å². The average molecular weight is 246 g/mol. The Balaban J connectivity index is 2.33. The van der Waals surface area contributed by atoms with E-state index in [0.29, 0.717) is 5.56 Å². The van der Waals surface area contributed by atoms with Crippen LogP contribution in [0.4, 0.5) is 10.1 Å². The van der Waals surface area contributed by atoms with Gasteiger partial charge in [0.25, 0.3) is 5.91 Å². The van der Waals surface area contributed by atoms with Crippen molar-refractivity contribution in [2.75, 3.05) is 5.32 Å². The summed E-state index contributed by atoms with van der Waals surface area (Å²) in [7, 11) is 0. The molecule has 0 aliphatic carbocycles. The van der Waals surface area contributed by atoms with Crippen molar-refractivity contribution >= 4 is 11.6 Å². The first-order chi connectivity index (χ1) is 8.59. The number of para-hydroxylation sites is 1. The van der Waals surface area contributed by atoms with Crippen molar-refractivity contribution < 1.29 is 9.18 Å². The highest BCUT2D eigenvalue weighted by molar-refractivity contribution is 6.04. The molecule has 1 aromatic carbocycles. The highest BCUT2D eigenvalue weighted by Gasteiger charge is 2.13. The van der Waals surface area contributed by atoms with Crippen LogP contribution in [0, 0.1) is 12.7 Å². The van der Waals surface area contributed by atoms with Gasteiger partial charge in [0.1, 0.15) is 11.4 Å². The van der Waals surface area contributed by atoms with Gasteiger partial charge in [0, 0.05) is 18.5 Å². The van der Waals surface area contributed by atoms with Crippen LogP contribution in [-0.2, 0) is 0 Å². The summed E-state index contributed by atoms with van der Waals surface area (Å²) in [6.07, 6.45) is 2.71. The van der Waals surface area contributed by atoms with Gasteiger partial charge < -0.3 is 10.3 Å². The number of amides is 1. The normalized spacial score (nSPS) is 10.1. The standard InChI is InChI=1S/C13H11FN2O2/c1-8-3-2-4-10(14)12(8)16-13(18)9-7-15-6-5-11(9)17/h2-7H,1H3,(H,15,17)(H,16,18). The predicted molar refractivity (Wildman–Crippen MR) is 66.2 cm³/mol. The molecule has 1 amide bonds. The average Bonchev–Trinajstić information content (AvgIpc) is 2.34. The number of benzene rings is 1. The van der Waals surface area contributed by atoms with Gasteiger partial charge >= 0.3 is 0 Å². The van der Waals surface area contributed by atoms with Crippen LogP contribution < -0.4 is 10.7 Å². The van der Waals surface area contributed by atoms with Gasteiger partial charge in [-0.15, -0.1) is 0 Å². The molecule has 1 heterocycles. The van der Waals surface area contributed by atoms with Crippen molar-refractivity contribution in [3.8, 4) is 0 Å². The van der Waals surface area contributed by atoms with E-state index in [9.17, 15) is 14.0 Å². The maximum Gasteiger partial charge on any atom is 0.261 e. The minimum absolute atomic E-state index is 0.0554. The molecule has 5 heteroatoms. The second-order valence-electron chi connectivity index (χ2n) is 3.81. The third-order valence-electron chi connectivity index (χ3n) is 2.53. The van der Waals surface area contributed by atoms with Gasteiger partial charge in [-0.2, -0.15) is 0 Å². The quantitative estimate of drug-likeness (QED) is 0.852. The van der Waals surface area contributed by atoms with E-state index in [-0.39, 0.29) is 11.3 Å². The summed E-state index contributed by atoms with van der Waals surface area (Å²) in [6.45, 7) is 1.67. The van der Waals surface area contributed by atoms with E-state index in [1.54, 1.807) is 19.1 Å². The van der Waals surface area contributed by atoms with Gasteiger partial charge in [0.05, 0.1) is 5.69 Å². The molecule has 18 heavy (non-hydrogen) atoms. The Labute approximate surface area is 102 Å². The molecule has 2 aromatic rings. The van der Waals surface area contributed by atoms with E-state index < -0.39 is 17.2 Å². The van der Waals surface area contributed by atoms with Crippen molar-refractivity contribution in [2.45, 2.75) is 6.92 Å². The van der Waals surface area contributed by atoms with Crippen LogP contribution in [0.2, 0.25) is 0 Å². The molecule has 1 aromatic heterocycles. The number of carbonyl (C=O) groups is 1. The van der Waals surface area contributed by atoms with Crippen molar-refractivity contribution in [2.24, 2.45) is 0 Å². The number of rotatable bonds is 2. The van der Waals surface area contributed by atoms with Crippen LogP contribution in [0.3, 0.4) is 0 Å². The number of pyridine rings is 1. The zero-order valence-corrected chi connectivity index (χ0v) is 9.66. The zero-order valence-electron chi connectivity index (χ0n) is 9.66. The molecule has 0 radical (unpaired) electrons. The number of hydrogen-bond donors (Lipinski definition) is 2. The molecule has 4 nitrogen and oxygen atoms in total. The Morgan fingerprint density at radius 3 is 2.78 bits per heavy atom. The van der Waals surface area contributed by atoms with Crippen LogP contribution in [0.15, 0.2) is 41.5 Å². The van der Waals surface area contributed by atoms with Crippen LogP contribution in [-0.4, -0.2) is 10.9 Å². The third-order valence-corrected chi connectivity index (χ3v) is 2.53. The Morgan fingerprint density at radius 2 is 2.11 bits per heavy atom. The first kappa shape index (κ1) is 12.0. The number of H-pyrrole nitrogens is 1. The fourth-order valence-electron chi connectivity index (χ4n) is 1.56. The minimum Gasteiger partial charge on any atom is -0.367 e. The van der Waals surface area contributed by atoms with E-state index in [0.717, 1.165) is 0 Å². The smallest absolute Gasteiger partial charge is 0.261 e. The summed E-state index contributed by atoms with van der Waals surface area (Å²) in [5, 5.41) is 2.40. The predicted octanol–water partition coefficient (Wildman–Crippen LogP) is 2.07. The molecule has 0 atom stereocenters. The molecule has 0 bridgehead atoms. The van der Waals surface area contributed by atoms with Gasteiger partial charge in [0.15, 0.2) is 5.43 Å². The molecule has 0 fully saturated rings. The van der Waals surface area contributed by atoms with Crippen LogP contribution in [0.1, 0.15) is 15.9 Å². The summed E-state index contributed by atoms with van der Waals surface area (Å²) in [5.41, 5.74) is 0.210. The topological polar surface area (TPSA) is 62.0 Å². The second kappa shape index (κ2) is 4.83. The molecular weight excluding hydrogens is 235 g/mol. The van der Waals surface area contributed by atoms with Crippen molar-refractivity contribution in [3.63, 3.8) is 0 Å². The molecular formula is C13H11FN2O2. The van der Waals surface area contributed by atoms with Gasteiger partial charge in [-0.25, -0.2) is 4.39 Å². The van der Waals surface area contributed by atoms with Gasteiger partial charge in [-0.1, -0.05) is 12.1 Å². The molecule has 2 rings (SSSR count). The van der Waals surface area contributed by atoms with E-state index in [4.69, 9.17) is 0 Å². The molecule has 0 saturated carbocycles. The number of hydrogen-bond acceptors (Lipinski definition) is 2. The number of anilines is 1. The van der Waals surface area contributed by atoms with Gasteiger partial charge in [-0.3, -0.25) is 9.59 Å². The fourth-order valence-corrected chi connectivity index (χ4v) is 1.56. The summed E-state index contributed by atoms with van der Waals surface area (Å²) in [6, 6.07) is 5.71. The molecule has 0 saturated heterocycles. The summed E-state index contributed by atoms with van der Waals surface area (Å²) in [4.78, 5) is 25.9. The summed E-state index contributed by atoms with van der Waals surface area (Å²) < 4.78 is 13.5. The molecule has 0 spiro atoms. The van der Waals surface area contributed by atoms with Gasteiger partial charge in [0.2, 0.25) is 0 Å². The Morgan fingerprint density at radius 1 is 1.33 bits per heavy atom. The van der Waals surface area contributed by atoms with E-state index in [2.05, 4.69) is 10.3 Å². The molecule has 0 unspecified atom stereocenters. The Kier molecular flexibility index (Phi) is 3.23. The first-order valence-electron chi connectivity index (χ1n) is 5.33. The Hall–Kier alpha value is -2.43. The lowest BCUT2D eigenvalue weighted by Gasteiger charge is -2.08. The maximum atomic E-state index is 13.5. The highest BCUT2D eigenvalue weighted by Crippen LogP contribution is 2.18. The highest BCUT2D eigenvalue weighted by atomic mass is 19.1. The van der Waals surface area contributed by atoms with E-state index in [1.165, 1.54) is 24.5 Å².